The molecule has 0 amide bonds. The number of fused-ring (bicyclic) bond motifs is 19. The van der Waals surface area contributed by atoms with Crippen LogP contribution in [0.4, 0.5) is 0 Å². The van der Waals surface area contributed by atoms with E-state index in [1.807, 2.05) is 72.8 Å². The molecule has 0 aromatic heterocycles. The number of hydrogen-bond donors (Lipinski definition) is 0. The fourth-order valence-electron chi connectivity index (χ4n) is 8.06. The Morgan fingerprint density at radius 2 is 0.623 bits per heavy atom. The number of aliphatic imine (C=N–C) groups is 8. The Balaban J connectivity index is 0.00000331. The van der Waals surface area contributed by atoms with Crippen LogP contribution in [-0.2, 0) is 19.5 Å². The zero-order valence-corrected chi connectivity index (χ0v) is 31.1. The van der Waals surface area contributed by atoms with E-state index in [9.17, 15) is 0 Å². The summed E-state index contributed by atoms with van der Waals surface area (Å²) in [5.41, 5.74) is 5.40. The first kappa shape index (κ1) is 30.2. The molecular weight excluding hydrogens is 706 g/mol. The summed E-state index contributed by atoms with van der Waals surface area (Å²) in [4.78, 5) is 40.7. The molecule has 8 bridgehead atoms. The van der Waals surface area contributed by atoms with Crippen molar-refractivity contribution in [1.29, 1.82) is 0 Å². The number of amidine groups is 8. The van der Waals surface area contributed by atoms with E-state index in [1.54, 1.807) is 0 Å². The molecule has 6 aliphatic rings. The Bertz CT molecular complexity index is 3090. The zero-order chi connectivity index (χ0) is 33.9. The van der Waals surface area contributed by atoms with Gasteiger partial charge in [-0.15, -0.1) is 0 Å². The first-order chi connectivity index (χ1) is 25.7. The van der Waals surface area contributed by atoms with E-state index < -0.39 is 0 Å². The van der Waals surface area contributed by atoms with E-state index in [0.717, 1.165) is 43.8 Å². The van der Waals surface area contributed by atoms with Gasteiger partial charge in [-0.1, -0.05) is 109 Å². The Kier molecular flexibility index (Phi) is 6.43. The van der Waals surface area contributed by atoms with Gasteiger partial charge >= 0.3 is 0 Å². The molecule has 2 unspecified atom stereocenters. The van der Waals surface area contributed by atoms with E-state index >= 15 is 0 Å². The van der Waals surface area contributed by atoms with Gasteiger partial charge in [-0.2, -0.15) is 0 Å². The molecule has 0 fully saturated rings. The van der Waals surface area contributed by atoms with E-state index in [1.165, 1.54) is 21.5 Å². The van der Waals surface area contributed by atoms with Crippen molar-refractivity contribution >= 4 is 80.4 Å². The van der Waals surface area contributed by atoms with Crippen molar-refractivity contribution in [3.63, 3.8) is 0 Å². The summed E-state index contributed by atoms with van der Waals surface area (Å²) in [6.07, 6.45) is 4.59. The van der Waals surface area contributed by atoms with E-state index in [4.69, 9.17) is 39.9 Å². The molecular formula is C44H24N8Zn. The predicted molar refractivity (Wildman–Crippen MR) is 210 cm³/mol. The molecule has 9 heteroatoms. The second-order valence-corrected chi connectivity index (χ2v) is 13.6. The molecule has 8 nitrogen and oxygen atoms in total. The van der Waals surface area contributed by atoms with Gasteiger partial charge in [-0.05, 0) is 56.2 Å². The number of hydrogen-bond acceptors (Lipinski definition) is 8. The van der Waals surface area contributed by atoms with Crippen molar-refractivity contribution in [2.24, 2.45) is 51.8 Å². The van der Waals surface area contributed by atoms with Crippen LogP contribution in [0.25, 0.3) is 33.7 Å². The fourth-order valence-corrected chi connectivity index (χ4v) is 8.06. The summed E-state index contributed by atoms with van der Waals surface area (Å²) >= 11 is 0. The Morgan fingerprint density at radius 3 is 1.02 bits per heavy atom. The number of benzene rings is 6. The van der Waals surface area contributed by atoms with Crippen molar-refractivity contribution in [3.05, 3.63) is 165 Å². The van der Waals surface area contributed by atoms with Gasteiger partial charge in [0.05, 0.1) is 11.8 Å². The van der Waals surface area contributed by atoms with Gasteiger partial charge in [0, 0.05) is 52.9 Å². The standard InChI is InChI=1S/C44H24N8.Zn/c1-2-10-24-18-26-20-28-22-36-35(21-27(28)19-25(26)17-23(24)9-1)43-50-41-33-15-7-5-13-31(33)39(48-41)46-37-29-11-3-4-12-30(29)38(45-37)47-40-32-14-6-8-16-34(32)42(49-40)51-44(36)52-43;/h1-22,35-36H;. The van der Waals surface area contributed by atoms with Crippen LogP contribution >= 0.6 is 0 Å². The second kappa shape index (κ2) is 11.3. The molecule has 5 heterocycles. The molecule has 53 heavy (non-hydrogen) atoms. The minimum Gasteiger partial charge on any atom is -0.217 e. The predicted octanol–water partition coefficient (Wildman–Crippen LogP) is 6.24. The largest absolute Gasteiger partial charge is 0.217 e. The first-order valence-corrected chi connectivity index (χ1v) is 17.4. The summed E-state index contributed by atoms with van der Waals surface area (Å²) in [7, 11) is 0. The molecule has 6 aromatic carbocycles. The third-order valence-electron chi connectivity index (χ3n) is 10.6. The molecule has 242 valence electrons. The topological polar surface area (TPSA) is 98.9 Å². The van der Waals surface area contributed by atoms with E-state index in [0.29, 0.717) is 46.7 Å². The zero-order valence-electron chi connectivity index (χ0n) is 28.1. The third kappa shape index (κ3) is 4.57. The molecule has 5 aliphatic heterocycles. The van der Waals surface area contributed by atoms with Gasteiger partial charge in [-0.25, -0.2) is 39.9 Å². The van der Waals surface area contributed by atoms with Gasteiger partial charge in [0.15, 0.2) is 35.0 Å². The van der Waals surface area contributed by atoms with Crippen molar-refractivity contribution in [2.75, 3.05) is 0 Å². The first-order valence-electron chi connectivity index (χ1n) is 17.4. The van der Waals surface area contributed by atoms with Crippen LogP contribution in [0.5, 0.6) is 0 Å². The van der Waals surface area contributed by atoms with Crippen LogP contribution in [0.1, 0.15) is 33.4 Å². The van der Waals surface area contributed by atoms with Gasteiger partial charge in [0.2, 0.25) is 0 Å². The van der Waals surface area contributed by atoms with Gasteiger partial charge in [0.1, 0.15) is 11.7 Å². The van der Waals surface area contributed by atoms with Crippen LogP contribution in [0.2, 0.25) is 0 Å². The third-order valence-corrected chi connectivity index (χ3v) is 10.6. The summed E-state index contributed by atoms with van der Waals surface area (Å²) in [5, 5.41) is 7.14. The summed E-state index contributed by atoms with van der Waals surface area (Å²) < 4.78 is 0. The second-order valence-electron chi connectivity index (χ2n) is 13.6. The van der Waals surface area contributed by atoms with Gasteiger partial charge < -0.3 is 0 Å². The Hall–Kier alpha value is -6.44. The van der Waals surface area contributed by atoms with Crippen LogP contribution < -0.4 is 10.4 Å². The molecule has 0 spiro atoms. The van der Waals surface area contributed by atoms with E-state index in [-0.39, 0.29) is 31.3 Å². The van der Waals surface area contributed by atoms with E-state index in [2.05, 4.69) is 60.7 Å². The maximum Gasteiger partial charge on any atom is 0.164 e. The Morgan fingerprint density at radius 1 is 0.302 bits per heavy atom. The maximum atomic E-state index is 5.22. The molecule has 0 N–H and O–H groups in total. The molecule has 6 aromatic rings. The van der Waals surface area contributed by atoms with Crippen molar-refractivity contribution < 1.29 is 19.5 Å². The van der Waals surface area contributed by atoms with Crippen LogP contribution in [0.15, 0.2) is 161 Å². The van der Waals surface area contributed by atoms with Crippen molar-refractivity contribution in [1.82, 2.24) is 0 Å². The Labute approximate surface area is 315 Å². The molecule has 0 radical (unpaired) electrons. The summed E-state index contributed by atoms with van der Waals surface area (Å²) in [5.74, 6) is 4.39. The van der Waals surface area contributed by atoms with Crippen LogP contribution in [0, 0.1) is 11.8 Å². The average molecular weight is 730 g/mol. The molecule has 1 aliphatic carbocycles. The van der Waals surface area contributed by atoms with Crippen LogP contribution in [-0.4, -0.2) is 46.7 Å². The number of rotatable bonds is 0. The molecule has 12 rings (SSSR count). The fraction of sp³-hybridized carbons (Fsp3) is 0.0455. The minimum atomic E-state index is -0.149. The summed E-state index contributed by atoms with van der Waals surface area (Å²) in [6.45, 7) is 0. The van der Waals surface area contributed by atoms with Crippen molar-refractivity contribution in [3.8, 4) is 0 Å². The maximum absolute atomic E-state index is 5.22. The molecule has 2 atom stereocenters. The normalized spacial score (nSPS) is 19.6. The monoisotopic (exact) mass is 728 g/mol. The van der Waals surface area contributed by atoms with Gasteiger partial charge in [-0.3, -0.25) is 0 Å². The summed E-state index contributed by atoms with van der Waals surface area (Å²) in [6, 6.07) is 41.8. The number of nitrogens with zero attached hydrogens (tertiary/aromatic N) is 8. The van der Waals surface area contributed by atoms with Gasteiger partial charge in [0.25, 0.3) is 0 Å². The molecule has 0 saturated carbocycles. The minimum absolute atomic E-state index is 0. The quantitative estimate of drug-likeness (QED) is 0.131. The SMILES string of the molecule is C1=c2cc3cc4ccccc4cc3cc2=CC2C3=NC(=NC4=NC(=NC5=NC(=NC6=NC(=N3)c3ccccc36)c3ccccc35)c3ccccc34)C12.[Zn]. The van der Waals surface area contributed by atoms with Crippen LogP contribution in [0.3, 0.4) is 0 Å². The smallest absolute Gasteiger partial charge is 0.164 e. The van der Waals surface area contributed by atoms with Crippen molar-refractivity contribution in [2.45, 2.75) is 0 Å². The average Bonchev–Trinajstić information content (AvgIpc) is 3.91. The molecule has 0 saturated heterocycles.